The molecule has 240 valence electrons. The number of amides is 2. The standard InChI is InChI=1S/C37H48N4O4/c1-4-44-35-17-10-8-15-32(35)27-38-20-13-23-41(29(3)42)33-16-9-7-14-31(33)28-40(25-24-38)37(43)30-18-19-36(45-5-2)34(26-30)39-21-11-6-12-22-39/h7-10,14-19,26H,4-6,11-13,20-25,27-28H2,1-3H3. The zero-order valence-corrected chi connectivity index (χ0v) is 27.2. The summed E-state index contributed by atoms with van der Waals surface area (Å²) in [7, 11) is 0. The Bertz CT molecular complexity index is 1440. The van der Waals surface area contributed by atoms with Crippen molar-refractivity contribution < 1.29 is 19.1 Å². The van der Waals surface area contributed by atoms with E-state index in [9.17, 15) is 9.59 Å². The molecule has 8 nitrogen and oxygen atoms in total. The molecule has 3 aromatic carbocycles. The molecule has 2 aliphatic rings. The Hall–Kier alpha value is -4.04. The van der Waals surface area contributed by atoms with Crippen molar-refractivity contribution in [2.24, 2.45) is 0 Å². The first-order valence-electron chi connectivity index (χ1n) is 16.6. The molecular weight excluding hydrogens is 564 g/mol. The Kier molecular flexibility index (Phi) is 11.4. The second-order valence-electron chi connectivity index (χ2n) is 11.9. The van der Waals surface area contributed by atoms with Crippen LogP contribution >= 0.6 is 0 Å². The molecule has 2 amide bonds. The molecule has 2 heterocycles. The molecule has 1 saturated heterocycles. The lowest BCUT2D eigenvalue weighted by atomic mass is 10.1. The maximum atomic E-state index is 14.4. The Balaban J connectivity index is 1.48. The minimum Gasteiger partial charge on any atom is -0.494 e. The number of fused-ring (bicyclic) bond motifs is 1. The molecule has 0 spiro atoms. The van der Waals surface area contributed by atoms with Crippen LogP contribution in [0.3, 0.4) is 0 Å². The monoisotopic (exact) mass is 612 g/mol. The molecule has 1 fully saturated rings. The van der Waals surface area contributed by atoms with Crippen molar-refractivity contribution in [1.82, 2.24) is 9.80 Å². The maximum absolute atomic E-state index is 14.4. The van der Waals surface area contributed by atoms with Gasteiger partial charge < -0.3 is 24.2 Å². The summed E-state index contributed by atoms with van der Waals surface area (Å²) in [6.45, 7) is 12.5. The Morgan fingerprint density at radius 2 is 1.44 bits per heavy atom. The highest BCUT2D eigenvalue weighted by Crippen LogP contribution is 2.33. The van der Waals surface area contributed by atoms with Crippen molar-refractivity contribution >= 4 is 23.2 Å². The van der Waals surface area contributed by atoms with Crippen molar-refractivity contribution in [1.29, 1.82) is 0 Å². The fraction of sp³-hybridized carbons (Fsp3) is 0.459. The van der Waals surface area contributed by atoms with Gasteiger partial charge >= 0.3 is 0 Å². The Labute approximate surface area is 268 Å². The minimum atomic E-state index is -0.0191. The number of carbonyl (C=O) groups excluding carboxylic acids is 2. The molecule has 0 unspecified atom stereocenters. The van der Waals surface area contributed by atoms with E-state index in [1.807, 2.05) is 84.3 Å². The van der Waals surface area contributed by atoms with Crippen LogP contribution in [-0.4, -0.2) is 74.1 Å². The van der Waals surface area contributed by atoms with Gasteiger partial charge in [0.05, 0.1) is 18.9 Å². The molecule has 0 saturated carbocycles. The number of anilines is 2. The van der Waals surface area contributed by atoms with Crippen molar-refractivity contribution in [3.8, 4) is 11.5 Å². The normalized spacial score (nSPS) is 16.5. The number of para-hydroxylation sites is 2. The maximum Gasteiger partial charge on any atom is 0.254 e. The van der Waals surface area contributed by atoms with Gasteiger partial charge in [0.2, 0.25) is 5.91 Å². The second-order valence-corrected chi connectivity index (χ2v) is 11.9. The summed E-state index contributed by atoms with van der Waals surface area (Å²) in [5.41, 5.74) is 4.62. The number of hydrogen-bond acceptors (Lipinski definition) is 6. The molecule has 8 heteroatoms. The van der Waals surface area contributed by atoms with Crippen LogP contribution in [-0.2, 0) is 17.9 Å². The van der Waals surface area contributed by atoms with Crippen LogP contribution < -0.4 is 19.3 Å². The van der Waals surface area contributed by atoms with Gasteiger partial charge in [0, 0.05) is 76.1 Å². The summed E-state index contributed by atoms with van der Waals surface area (Å²) in [4.78, 5) is 35.9. The summed E-state index contributed by atoms with van der Waals surface area (Å²) in [5.74, 6) is 1.70. The topological polar surface area (TPSA) is 65.6 Å². The van der Waals surface area contributed by atoms with E-state index in [1.165, 1.54) is 6.42 Å². The van der Waals surface area contributed by atoms with E-state index in [4.69, 9.17) is 9.47 Å². The summed E-state index contributed by atoms with van der Waals surface area (Å²) in [5, 5.41) is 0. The zero-order chi connectivity index (χ0) is 31.6. The average Bonchev–Trinajstić information content (AvgIpc) is 3.09. The average molecular weight is 613 g/mol. The van der Waals surface area contributed by atoms with Gasteiger partial charge in [0.25, 0.3) is 5.91 Å². The van der Waals surface area contributed by atoms with Crippen molar-refractivity contribution in [2.75, 3.05) is 62.3 Å². The first-order chi connectivity index (χ1) is 22.0. The summed E-state index contributed by atoms with van der Waals surface area (Å²) >= 11 is 0. The van der Waals surface area contributed by atoms with E-state index in [-0.39, 0.29) is 11.8 Å². The zero-order valence-electron chi connectivity index (χ0n) is 27.2. The van der Waals surface area contributed by atoms with Crippen LogP contribution in [0.5, 0.6) is 11.5 Å². The summed E-state index contributed by atoms with van der Waals surface area (Å²) < 4.78 is 11.9. The number of ether oxygens (including phenoxy) is 2. The molecule has 0 N–H and O–H groups in total. The van der Waals surface area contributed by atoms with Crippen LogP contribution in [0.4, 0.5) is 11.4 Å². The quantitative estimate of drug-likeness (QED) is 0.294. The van der Waals surface area contributed by atoms with Gasteiger partial charge in [-0.2, -0.15) is 0 Å². The number of benzene rings is 3. The molecular formula is C37H48N4O4. The van der Waals surface area contributed by atoms with Crippen molar-refractivity contribution in [3.63, 3.8) is 0 Å². The lowest BCUT2D eigenvalue weighted by Gasteiger charge is -2.31. The largest absolute Gasteiger partial charge is 0.494 e. The predicted molar refractivity (Wildman–Crippen MR) is 180 cm³/mol. The first kappa shape index (κ1) is 32.4. The fourth-order valence-corrected chi connectivity index (χ4v) is 6.46. The molecule has 5 rings (SSSR count). The van der Waals surface area contributed by atoms with Crippen LogP contribution in [0.1, 0.15) is 67.9 Å². The lowest BCUT2D eigenvalue weighted by Crippen LogP contribution is -2.38. The van der Waals surface area contributed by atoms with E-state index < -0.39 is 0 Å². The molecule has 0 radical (unpaired) electrons. The Morgan fingerprint density at radius 3 is 2.22 bits per heavy atom. The van der Waals surface area contributed by atoms with Gasteiger partial charge in [-0.25, -0.2) is 0 Å². The highest BCUT2D eigenvalue weighted by Gasteiger charge is 2.25. The van der Waals surface area contributed by atoms with Crippen LogP contribution in [0.25, 0.3) is 0 Å². The Morgan fingerprint density at radius 1 is 0.711 bits per heavy atom. The first-order valence-corrected chi connectivity index (χ1v) is 16.6. The van der Waals surface area contributed by atoms with E-state index in [0.717, 1.165) is 72.9 Å². The van der Waals surface area contributed by atoms with Gasteiger partial charge in [-0.15, -0.1) is 0 Å². The number of rotatable bonds is 8. The highest BCUT2D eigenvalue weighted by molar-refractivity contribution is 5.96. The van der Waals surface area contributed by atoms with Crippen LogP contribution in [0, 0.1) is 0 Å². The SMILES string of the molecule is CCOc1ccccc1CN1CCCN(C(C)=O)c2ccccc2CN(C(=O)c2ccc(OCC)c(N3CCCCC3)c2)CC1. The van der Waals surface area contributed by atoms with E-state index in [2.05, 4.69) is 15.9 Å². The van der Waals surface area contributed by atoms with E-state index >= 15 is 0 Å². The lowest BCUT2D eigenvalue weighted by molar-refractivity contribution is -0.116. The number of carbonyl (C=O) groups is 2. The molecule has 0 aromatic heterocycles. The molecule has 3 aromatic rings. The highest BCUT2D eigenvalue weighted by atomic mass is 16.5. The number of piperidine rings is 1. The molecule has 0 atom stereocenters. The smallest absolute Gasteiger partial charge is 0.254 e. The minimum absolute atomic E-state index is 0.00509. The third-order valence-corrected chi connectivity index (χ3v) is 8.72. The van der Waals surface area contributed by atoms with Gasteiger partial charge in [-0.3, -0.25) is 14.5 Å². The van der Waals surface area contributed by atoms with E-state index in [0.29, 0.717) is 51.5 Å². The van der Waals surface area contributed by atoms with Gasteiger partial charge in [0.15, 0.2) is 0 Å². The third kappa shape index (κ3) is 8.17. The van der Waals surface area contributed by atoms with Crippen molar-refractivity contribution in [2.45, 2.75) is 59.5 Å². The van der Waals surface area contributed by atoms with Crippen LogP contribution in [0.2, 0.25) is 0 Å². The molecule has 45 heavy (non-hydrogen) atoms. The van der Waals surface area contributed by atoms with Gasteiger partial charge in [-0.05, 0) is 75.4 Å². The molecule has 0 bridgehead atoms. The molecule has 2 aliphatic heterocycles. The predicted octanol–water partition coefficient (Wildman–Crippen LogP) is 6.38. The third-order valence-electron chi connectivity index (χ3n) is 8.72. The fourth-order valence-electron chi connectivity index (χ4n) is 6.46. The van der Waals surface area contributed by atoms with Crippen molar-refractivity contribution in [3.05, 3.63) is 83.4 Å². The summed E-state index contributed by atoms with van der Waals surface area (Å²) in [6.07, 6.45) is 4.33. The number of hydrogen-bond donors (Lipinski definition) is 0. The second kappa shape index (κ2) is 15.8. The summed E-state index contributed by atoms with van der Waals surface area (Å²) in [6, 6.07) is 22.0. The van der Waals surface area contributed by atoms with E-state index in [1.54, 1.807) is 6.92 Å². The number of nitrogens with zero attached hydrogens (tertiary/aromatic N) is 4. The molecule has 0 aliphatic carbocycles. The van der Waals surface area contributed by atoms with Gasteiger partial charge in [0.1, 0.15) is 11.5 Å². The van der Waals surface area contributed by atoms with Gasteiger partial charge in [-0.1, -0.05) is 36.4 Å². The van der Waals surface area contributed by atoms with Crippen LogP contribution in [0.15, 0.2) is 66.7 Å².